The average molecular weight is 717 g/mol. The summed E-state index contributed by atoms with van der Waals surface area (Å²) in [4.78, 5) is 15.5. The van der Waals surface area contributed by atoms with Gasteiger partial charge in [0.15, 0.2) is 5.84 Å². The molecule has 4 nitrogen and oxygen atoms in total. The van der Waals surface area contributed by atoms with Crippen molar-refractivity contribution in [2.45, 2.75) is 6.17 Å². The Labute approximate surface area is 326 Å². The summed E-state index contributed by atoms with van der Waals surface area (Å²) in [5, 5.41) is 7.06. The normalized spacial score (nSPS) is 13.9. The minimum absolute atomic E-state index is 0.247. The maximum atomic E-state index is 5.45. The summed E-state index contributed by atoms with van der Waals surface area (Å²) in [7, 11) is 0. The quantitative estimate of drug-likeness (QED) is 0.167. The maximum absolute atomic E-state index is 5.45. The summed E-state index contributed by atoms with van der Waals surface area (Å²) in [6, 6.07) is 72.4. The molecule has 0 radical (unpaired) electrons. The number of rotatable bonds is 7. The molecule has 1 aliphatic heterocycles. The van der Waals surface area contributed by atoms with Crippen LogP contribution in [0, 0.1) is 0 Å². The van der Waals surface area contributed by atoms with Gasteiger partial charge in [0.05, 0.1) is 11.2 Å². The molecule has 0 saturated heterocycles. The van der Waals surface area contributed by atoms with Gasteiger partial charge in [-0.25, -0.2) is 15.0 Å². The molecule has 56 heavy (non-hydrogen) atoms. The van der Waals surface area contributed by atoms with Crippen LogP contribution in [0.4, 0.5) is 0 Å². The standard InChI is InChI=1S/C52H36N4/c1-5-15-35(16-6-1)41-23-13-24-43(33-41)49-46-26-14-25-44(37-17-7-2-8-18-37)48(46)45-32-31-42(34-47(45)53-49)36-27-29-40(30-28-36)52-55-50(38-19-9-3-10-20-38)54-51(56-52)39-21-11-4-12-22-39/h1-34,50H,(H,54,55,56). The fourth-order valence-electron chi connectivity index (χ4n) is 7.73. The van der Waals surface area contributed by atoms with Gasteiger partial charge < -0.3 is 5.32 Å². The molecule has 1 atom stereocenters. The second-order valence-corrected chi connectivity index (χ2v) is 14.0. The van der Waals surface area contributed by atoms with Gasteiger partial charge >= 0.3 is 0 Å². The highest BCUT2D eigenvalue weighted by molar-refractivity contribution is 6.18. The van der Waals surface area contributed by atoms with Crippen LogP contribution < -0.4 is 5.32 Å². The summed E-state index contributed by atoms with van der Waals surface area (Å²) in [5.74, 6) is 1.51. The smallest absolute Gasteiger partial charge is 0.159 e. The van der Waals surface area contributed by atoms with Crippen LogP contribution >= 0.6 is 0 Å². The number of fused-ring (bicyclic) bond motifs is 3. The van der Waals surface area contributed by atoms with E-state index in [0.29, 0.717) is 5.84 Å². The van der Waals surface area contributed by atoms with Crippen LogP contribution in [0.15, 0.2) is 216 Å². The molecule has 1 N–H and O–H groups in total. The summed E-state index contributed by atoms with van der Waals surface area (Å²) >= 11 is 0. The monoisotopic (exact) mass is 716 g/mol. The van der Waals surface area contributed by atoms with E-state index in [1.165, 1.54) is 27.6 Å². The first-order chi connectivity index (χ1) is 27.7. The molecular formula is C52H36N4. The van der Waals surface area contributed by atoms with E-state index < -0.39 is 0 Å². The highest BCUT2D eigenvalue weighted by atomic mass is 15.2. The van der Waals surface area contributed by atoms with Crippen molar-refractivity contribution in [2.75, 3.05) is 0 Å². The van der Waals surface area contributed by atoms with Gasteiger partial charge in [-0.3, -0.25) is 0 Å². The lowest BCUT2D eigenvalue weighted by atomic mass is 9.91. The maximum Gasteiger partial charge on any atom is 0.159 e. The third kappa shape index (κ3) is 6.33. The molecule has 0 amide bonds. The third-order valence-corrected chi connectivity index (χ3v) is 10.5. The van der Waals surface area contributed by atoms with E-state index in [-0.39, 0.29) is 6.17 Å². The summed E-state index contributed by atoms with van der Waals surface area (Å²) in [5.41, 5.74) is 13.0. The number of nitrogens with one attached hydrogen (secondary N) is 1. The van der Waals surface area contributed by atoms with Crippen LogP contribution in [0.5, 0.6) is 0 Å². The molecule has 0 saturated carbocycles. The minimum Gasteiger partial charge on any atom is -0.344 e. The van der Waals surface area contributed by atoms with Crippen molar-refractivity contribution in [3.8, 4) is 44.6 Å². The largest absolute Gasteiger partial charge is 0.344 e. The number of nitrogens with zero attached hydrogens (tertiary/aromatic N) is 3. The lowest BCUT2D eigenvalue weighted by Crippen LogP contribution is -2.33. The van der Waals surface area contributed by atoms with Gasteiger partial charge in [0.1, 0.15) is 12.0 Å². The molecule has 10 rings (SSSR count). The zero-order chi connectivity index (χ0) is 37.3. The molecule has 0 fully saturated rings. The number of amidine groups is 2. The molecule has 2 heterocycles. The van der Waals surface area contributed by atoms with Crippen molar-refractivity contribution in [1.29, 1.82) is 0 Å². The molecule has 264 valence electrons. The minimum atomic E-state index is -0.247. The lowest BCUT2D eigenvalue weighted by Gasteiger charge is -2.23. The van der Waals surface area contributed by atoms with Crippen molar-refractivity contribution in [3.63, 3.8) is 0 Å². The zero-order valence-electron chi connectivity index (χ0n) is 30.5. The fraction of sp³-hybridized carbons (Fsp3) is 0.0192. The first-order valence-electron chi connectivity index (χ1n) is 19.0. The van der Waals surface area contributed by atoms with Gasteiger partial charge in [-0.2, -0.15) is 0 Å². The second kappa shape index (κ2) is 14.4. The van der Waals surface area contributed by atoms with Crippen LogP contribution in [0.3, 0.4) is 0 Å². The molecule has 1 aromatic heterocycles. The fourth-order valence-corrected chi connectivity index (χ4v) is 7.73. The van der Waals surface area contributed by atoms with Crippen molar-refractivity contribution < 1.29 is 0 Å². The van der Waals surface area contributed by atoms with E-state index in [0.717, 1.165) is 61.2 Å². The van der Waals surface area contributed by atoms with E-state index in [9.17, 15) is 0 Å². The Morgan fingerprint density at radius 1 is 0.393 bits per heavy atom. The van der Waals surface area contributed by atoms with Gasteiger partial charge in [-0.15, -0.1) is 0 Å². The van der Waals surface area contributed by atoms with Gasteiger partial charge in [0.2, 0.25) is 0 Å². The van der Waals surface area contributed by atoms with Gasteiger partial charge in [-0.1, -0.05) is 194 Å². The van der Waals surface area contributed by atoms with E-state index >= 15 is 0 Å². The molecular weight excluding hydrogens is 681 g/mol. The Hall–Kier alpha value is -7.43. The summed E-state index contributed by atoms with van der Waals surface area (Å²) in [6.07, 6.45) is -0.247. The predicted molar refractivity (Wildman–Crippen MR) is 233 cm³/mol. The van der Waals surface area contributed by atoms with Crippen LogP contribution in [0.2, 0.25) is 0 Å². The van der Waals surface area contributed by atoms with Gasteiger partial charge in [0, 0.05) is 32.8 Å². The van der Waals surface area contributed by atoms with Crippen molar-refractivity contribution >= 4 is 33.3 Å². The van der Waals surface area contributed by atoms with Crippen LogP contribution in [-0.4, -0.2) is 16.7 Å². The number of hydrogen-bond acceptors (Lipinski definition) is 4. The topological polar surface area (TPSA) is 49.6 Å². The van der Waals surface area contributed by atoms with E-state index in [4.69, 9.17) is 15.0 Å². The Morgan fingerprint density at radius 3 is 1.68 bits per heavy atom. The predicted octanol–water partition coefficient (Wildman–Crippen LogP) is 12.6. The third-order valence-electron chi connectivity index (χ3n) is 10.5. The lowest BCUT2D eigenvalue weighted by molar-refractivity contribution is 0.674. The molecule has 4 heteroatoms. The molecule has 0 spiro atoms. The number of pyridine rings is 1. The van der Waals surface area contributed by atoms with E-state index in [2.05, 4.69) is 175 Å². The van der Waals surface area contributed by atoms with Gasteiger partial charge in [0.25, 0.3) is 0 Å². The highest BCUT2D eigenvalue weighted by Gasteiger charge is 2.21. The Kier molecular flexibility index (Phi) is 8.54. The Morgan fingerprint density at radius 2 is 0.946 bits per heavy atom. The van der Waals surface area contributed by atoms with Crippen molar-refractivity contribution in [1.82, 2.24) is 10.3 Å². The van der Waals surface area contributed by atoms with Gasteiger partial charge in [-0.05, 0) is 51.1 Å². The number of benzene rings is 8. The molecule has 8 aromatic carbocycles. The number of hydrogen-bond donors (Lipinski definition) is 1. The molecule has 0 bridgehead atoms. The second-order valence-electron chi connectivity index (χ2n) is 14.0. The van der Waals surface area contributed by atoms with Crippen LogP contribution in [0.25, 0.3) is 66.3 Å². The zero-order valence-corrected chi connectivity index (χ0v) is 30.5. The first-order valence-corrected chi connectivity index (χ1v) is 19.0. The number of aromatic nitrogens is 1. The SMILES string of the molecule is c1ccc(C2=NC(c3ccccc3)NC(c3ccc(-c4ccc5c(c4)nc(-c4cccc(-c6ccccc6)c4)c4cccc(-c6ccccc6)c45)cc3)=N2)cc1. The molecule has 1 unspecified atom stereocenters. The summed E-state index contributed by atoms with van der Waals surface area (Å²) < 4.78 is 0. The van der Waals surface area contributed by atoms with E-state index in [1.54, 1.807) is 0 Å². The Bertz CT molecular complexity index is 2900. The van der Waals surface area contributed by atoms with Crippen molar-refractivity contribution in [2.24, 2.45) is 9.98 Å². The van der Waals surface area contributed by atoms with Crippen LogP contribution in [0.1, 0.15) is 22.9 Å². The molecule has 9 aromatic rings. The Balaban J connectivity index is 1.07. The molecule has 0 aliphatic carbocycles. The molecule has 1 aliphatic rings. The van der Waals surface area contributed by atoms with E-state index in [1.807, 2.05) is 36.4 Å². The highest BCUT2D eigenvalue weighted by Crippen LogP contribution is 2.40. The number of aliphatic imine (C=N–C) groups is 2. The first kappa shape index (κ1) is 33.2. The van der Waals surface area contributed by atoms with Crippen molar-refractivity contribution in [3.05, 3.63) is 223 Å². The van der Waals surface area contributed by atoms with Crippen LogP contribution in [-0.2, 0) is 0 Å². The average Bonchev–Trinajstić information content (AvgIpc) is 3.29. The summed E-state index contributed by atoms with van der Waals surface area (Å²) in [6.45, 7) is 0.